The number of fused-ring (bicyclic) bond motifs is 1. The number of anilines is 1. The van der Waals surface area contributed by atoms with Crippen molar-refractivity contribution < 1.29 is 4.74 Å². The van der Waals surface area contributed by atoms with Crippen LogP contribution in [0.2, 0.25) is 0 Å². The molecule has 0 atom stereocenters. The van der Waals surface area contributed by atoms with Gasteiger partial charge in [-0.3, -0.25) is 0 Å². The minimum absolute atomic E-state index is 0.482. The van der Waals surface area contributed by atoms with Crippen LogP contribution in [0.5, 0.6) is 5.75 Å². The second kappa shape index (κ2) is 5.94. The van der Waals surface area contributed by atoms with Gasteiger partial charge in [0, 0.05) is 12.6 Å². The van der Waals surface area contributed by atoms with E-state index in [1.807, 2.05) is 61.6 Å². The number of nitrogens with two attached hydrogens (primary N) is 1. The third-order valence-corrected chi connectivity index (χ3v) is 4.29. The smallest absolute Gasteiger partial charge is 0.161 e. The van der Waals surface area contributed by atoms with Gasteiger partial charge in [-0.05, 0) is 29.3 Å². The molecule has 0 aliphatic heterocycles. The van der Waals surface area contributed by atoms with E-state index in [-0.39, 0.29) is 0 Å². The molecule has 0 unspecified atom stereocenters. The van der Waals surface area contributed by atoms with Gasteiger partial charge in [0.2, 0.25) is 0 Å². The summed E-state index contributed by atoms with van der Waals surface area (Å²) < 4.78 is 6.99. The Morgan fingerprint density at radius 2 is 1.68 bits per heavy atom. The van der Waals surface area contributed by atoms with Crippen molar-refractivity contribution in [2.24, 2.45) is 7.05 Å². The zero-order valence-electron chi connectivity index (χ0n) is 14.1. The minimum atomic E-state index is 0.482. The van der Waals surface area contributed by atoms with E-state index >= 15 is 0 Å². The van der Waals surface area contributed by atoms with E-state index in [0.29, 0.717) is 5.82 Å². The predicted molar refractivity (Wildman–Crippen MR) is 100 cm³/mol. The van der Waals surface area contributed by atoms with E-state index in [2.05, 4.69) is 11.2 Å². The van der Waals surface area contributed by atoms with Gasteiger partial charge in [0.25, 0.3) is 0 Å². The number of rotatable bonds is 3. The fourth-order valence-electron chi connectivity index (χ4n) is 3.03. The Morgan fingerprint density at radius 1 is 0.960 bits per heavy atom. The molecule has 2 aromatic carbocycles. The van der Waals surface area contributed by atoms with Gasteiger partial charge in [0.05, 0.1) is 18.2 Å². The zero-order valence-corrected chi connectivity index (χ0v) is 14.1. The summed E-state index contributed by atoms with van der Waals surface area (Å²) in [5, 5.41) is 5.22. The third-order valence-electron chi connectivity index (χ3n) is 4.29. The molecule has 0 radical (unpaired) electrons. The molecular formula is C20H18N4O. The van der Waals surface area contributed by atoms with E-state index < -0.39 is 0 Å². The summed E-state index contributed by atoms with van der Waals surface area (Å²) in [5.74, 6) is 1.30. The number of ether oxygens (including phenoxy) is 1. The quantitative estimate of drug-likeness (QED) is 0.619. The zero-order chi connectivity index (χ0) is 17.4. The van der Waals surface area contributed by atoms with Crippen LogP contribution in [0.15, 0.2) is 60.7 Å². The molecule has 4 rings (SSSR count). The van der Waals surface area contributed by atoms with Crippen molar-refractivity contribution in [1.82, 2.24) is 14.8 Å². The average molecular weight is 330 g/mol. The molecule has 0 aliphatic rings. The highest BCUT2D eigenvalue weighted by Gasteiger charge is 2.16. The maximum Gasteiger partial charge on any atom is 0.161 e. The van der Waals surface area contributed by atoms with Gasteiger partial charge in [-0.25, -0.2) is 9.67 Å². The van der Waals surface area contributed by atoms with Crippen molar-refractivity contribution >= 4 is 16.9 Å². The Balaban J connectivity index is 2.00. The van der Waals surface area contributed by atoms with Crippen LogP contribution in [0.1, 0.15) is 0 Å². The largest absolute Gasteiger partial charge is 0.497 e. The number of aryl methyl sites for hydroxylation is 1. The Labute approximate surface area is 145 Å². The van der Waals surface area contributed by atoms with E-state index in [4.69, 9.17) is 15.5 Å². The second-order valence-corrected chi connectivity index (χ2v) is 5.86. The summed E-state index contributed by atoms with van der Waals surface area (Å²) >= 11 is 0. The van der Waals surface area contributed by atoms with Crippen LogP contribution in [0.3, 0.4) is 0 Å². The van der Waals surface area contributed by atoms with Crippen LogP contribution in [-0.4, -0.2) is 21.9 Å². The summed E-state index contributed by atoms with van der Waals surface area (Å²) in [7, 11) is 3.52. The lowest BCUT2D eigenvalue weighted by molar-refractivity contribution is 0.415. The van der Waals surface area contributed by atoms with Gasteiger partial charge in [-0.15, -0.1) is 0 Å². The lowest BCUT2D eigenvalue weighted by Crippen LogP contribution is -1.94. The highest BCUT2D eigenvalue weighted by Crippen LogP contribution is 2.35. The van der Waals surface area contributed by atoms with Gasteiger partial charge >= 0.3 is 0 Å². The standard InChI is InChI=1S/C20H18N4O/c1-24-20-18(19(21)23-24)16(13-8-10-15(25-2)11-9-13)12-17(22-20)14-6-4-3-5-7-14/h3-12H,1-2H3,(H2,21,23). The number of benzene rings is 2. The number of aromatic nitrogens is 3. The molecule has 0 aliphatic carbocycles. The molecule has 4 aromatic rings. The first-order valence-corrected chi connectivity index (χ1v) is 8.00. The molecule has 0 fully saturated rings. The molecule has 2 aromatic heterocycles. The lowest BCUT2D eigenvalue weighted by Gasteiger charge is -2.09. The number of pyridine rings is 1. The van der Waals surface area contributed by atoms with Crippen LogP contribution in [0.4, 0.5) is 5.82 Å². The maximum atomic E-state index is 6.16. The maximum absolute atomic E-state index is 6.16. The molecule has 5 nitrogen and oxygen atoms in total. The van der Waals surface area contributed by atoms with E-state index in [0.717, 1.165) is 39.2 Å². The molecule has 25 heavy (non-hydrogen) atoms. The van der Waals surface area contributed by atoms with Crippen LogP contribution >= 0.6 is 0 Å². The van der Waals surface area contributed by atoms with Crippen molar-refractivity contribution in [3.63, 3.8) is 0 Å². The number of nitrogens with zero attached hydrogens (tertiary/aromatic N) is 3. The predicted octanol–water partition coefficient (Wildman–Crippen LogP) is 3.89. The molecule has 0 spiro atoms. The number of hydrogen-bond donors (Lipinski definition) is 1. The van der Waals surface area contributed by atoms with Crippen molar-refractivity contribution in [3.05, 3.63) is 60.7 Å². The van der Waals surface area contributed by atoms with Gasteiger partial charge < -0.3 is 10.5 Å². The van der Waals surface area contributed by atoms with E-state index in [1.54, 1.807) is 11.8 Å². The fraction of sp³-hybridized carbons (Fsp3) is 0.100. The minimum Gasteiger partial charge on any atom is -0.497 e. The van der Waals surface area contributed by atoms with E-state index in [1.165, 1.54) is 0 Å². The van der Waals surface area contributed by atoms with Gasteiger partial charge in [0.15, 0.2) is 11.5 Å². The Hall–Kier alpha value is -3.34. The van der Waals surface area contributed by atoms with Gasteiger partial charge in [0.1, 0.15) is 5.75 Å². The van der Waals surface area contributed by atoms with Crippen molar-refractivity contribution in [1.29, 1.82) is 0 Å². The summed E-state index contributed by atoms with van der Waals surface area (Å²) in [5.41, 5.74) is 10.9. The normalized spacial score (nSPS) is 11.0. The molecule has 0 amide bonds. The van der Waals surface area contributed by atoms with Crippen molar-refractivity contribution in [2.45, 2.75) is 0 Å². The van der Waals surface area contributed by atoms with Gasteiger partial charge in [-0.1, -0.05) is 42.5 Å². The summed E-state index contributed by atoms with van der Waals surface area (Å²) in [6.45, 7) is 0. The first-order valence-electron chi connectivity index (χ1n) is 8.00. The molecule has 2 heterocycles. The summed E-state index contributed by atoms with van der Waals surface area (Å²) in [6, 6.07) is 20.1. The molecule has 0 bridgehead atoms. The van der Waals surface area contributed by atoms with Crippen molar-refractivity contribution in [3.8, 4) is 28.1 Å². The molecule has 0 saturated carbocycles. The number of hydrogen-bond acceptors (Lipinski definition) is 4. The SMILES string of the molecule is COc1ccc(-c2cc(-c3ccccc3)nc3c2c(N)nn3C)cc1. The van der Waals surface area contributed by atoms with Crippen molar-refractivity contribution in [2.75, 3.05) is 12.8 Å². The van der Waals surface area contributed by atoms with Crippen LogP contribution < -0.4 is 10.5 Å². The second-order valence-electron chi connectivity index (χ2n) is 5.86. The highest BCUT2D eigenvalue weighted by molar-refractivity contribution is 6.01. The number of nitrogen functional groups attached to an aromatic ring is 1. The monoisotopic (exact) mass is 330 g/mol. The molecule has 124 valence electrons. The Kier molecular flexibility index (Phi) is 3.61. The molecule has 5 heteroatoms. The third kappa shape index (κ3) is 2.59. The average Bonchev–Trinajstić information content (AvgIpc) is 2.96. The van der Waals surface area contributed by atoms with Gasteiger partial charge in [-0.2, -0.15) is 5.10 Å². The summed E-state index contributed by atoms with van der Waals surface area (Å²) in [6.07, 6.45) is 0. The summed E-state index contributed by atoms with van der Waals surface area (Å²) in [4.78, 5) is 4.78. The van der Waals surface area contributed by atoms with Crippen LogP contribution in [0, 0.1) is 0 Å². The number of methoxy groups -OCH3 is 1. The van der Waals surface area contributed by atoms with Crippen LogP contribution in [0.25, 0.3) is 33.4 Å². The Bertz CT molecular complexity index is 1040. The molecular weight excluding hydrogens is 312 g/mol. The first kappa shape index (κ1) is 15.2. The van der Waals surface area contributed by atoms with Crippen LogP contribution in [-0.2, 0) is 7.05 Å². The fourth-order valence-corrected chi connectivity index (χ4v) is 3.03. The lowest BCUT2D eigenvalue weighted by atomic mass is 10.00. The molecule has 2 N–H and O–H groups in total. The molecule has 0 saturated heterocycles. The Morgan fingerprint density at radius 3 is 2.36 bits per heavy atom. The topological polar surface area (TPSA) is 66.0 Å². The highest BCUT2D eigenvalue weighted by atomic mass is 16.5. The first-order chi connectivity index (χ1) is 12.2. The van der Waals surface area contributed by atoms with E-state index in [9.17, 15) is 0 Å².